The topological polar surface area (TPSA) is 155 Å². The molecule has 3 unspecified atom stereocenters. The second kappa shape index (κ2) is 48.9. The Balaban J connectivity index is 4.73. The quantitative estimate of drug-likeness (QED) is 0.0197. The van der Waals surface area contributed by atoms with Crippen molar-refractivity contribution in [3.05, 3.63) is 48.6 Å². The van der Waals surface area contributed by atoms with Crippen molar-refractivity contribution < 1.29 is 52.2 Å². The summed E-state index contributed by atoms with van der Waals surface area (Å²) in [4.78, 5) is 48.2. The average Bonchev–Trinajstić information content (AvgIpc) is 3.30. The molecule has 0 amide bonds. The third-order valence-electron chi connectivity index (χ3n) is 11.3. The van der Waals surface area contributed by atoms with E-state index in [4.69, 9.17) is 23.3 Å². The number of hydrogen-bond acceptors (Lipinski definition) is 10. The Morgan fingerprint density at radius 3 is 1.21 bits per heavy atom. The van der Waals surface area contributed by atoms with Gasteiger partial charge < -0.3 is 24.2 Å². The van der Waals surface area contributed by atoms with E-state index in [0.717, 1.165) is 103 Å². The van der Waals surface area contributed by atoms with Crippen LogP contribution in [-0.4, -0.2) is 66.5 Å². The van der Waals surface area contributed by atoms with Crippen molar-refractivity contribution in [1.82, 2.24) is 0 Å². The average molecular weight is 953 g/mol. The zero-order valence-electron chi connectivity index (χ0n) is 42.2. The summed E-state index contributed by atoms with van der Waals surface area (Å²) in [5, 5.41) is 9.74. The number of phosphoric ester groups is 1. The van der Waals surface area contributed by atoms with Crippen LogP contribution in [0.25, 0.3) is 0 Å². The summed E-state index contributed by atoms with van der Waals surface area (Å²) in [6.07, 6.45) is 49.4. The fourth-order valence-electron chi connectivity index (χ4n) is 7.23. The van der Waals surface area contributed by atoms with Crippen molar-refractivity contribution in [3.8, 4) is 0 Å². The number of carbonyl (C=O) groups excluding carboxylic acids is 3. The molecular formula is C54H97O11P. The van der Waals surface area contributed by atoms with E-state index in [2.05, 4.69) is 69.4 Å². The fraction of sp³-hybridized carbons (Fsp3) is 0.796. The normalized spacial score (nSPS) is 13.8. The molecule has 11 nitrogen and oxygen atoms in total. The molecule has 0 bridgehead atoms. The molecule has 0 spiro atoms. The van der Waals surface area contributed by atoms with E-state index in [0.29, 0.717) is 19.3 Å². The molecule has 0 aromatic carbocycles. The van der Waals surface area contributed by atoms with Gasteiger partial charge in [0.05, 0.1) is 19.8 Å². The van der Waals surface area contributed by atoms with Gasteiger partial charge in [-0.05, 0) is 57.8 Å². The van der Waals surface area contributed by atoms with Crippen LogP contribution in [0.15, 0.2) is 48.6 Å². The minimum Gasteiger partial charge on any atom is -0.462 e. The lowest BCUT2D eigenvalue weighted by Crippen LogP contribution is -2.30. The SMILES string of the molecule is CC/C=C\C/C=C\C/C=C\C/C=C\CCCCCCCCC(=O)OC(COC(=O)CCCCCCCCCCCCC)COP(=O)(O)OCC(CO)OC(=O)CCCCCCCCCCC. The number of allylic oxidation sites excluding steroid dienone is 8. The smallest absolute Gasteiger partial charge is 0.462 e. The lowest BCUT2D eigenvalue weighted by atomic mass is 10.1. The Morgan fingerprint density at radius 1 is 0.439 bits per heavy atom. The summed E-state index contributed by atoms with van der Waals surface area (Å²) in [6, 6.07) is 0. The van der Waals surface area contributed by atoms with Crippen LogP contribution in [0.4, 0.5) is 0 Å². The highest BCUT2D eigenvalue weighted by Crippen LogP contribution is 2.43. The number of esters is 3. The zero-order chi connectivity index (χ0) is 48.4. The van der Waals surface area contributed by atoms with Gasteiger partial charge >= 0.3 is 25.7 Å². The first-order valence-electron chi connectivity index (χ1n) is 26.5. The van der Waals surface area contributed by atoms with Crippen LogP contribution < -0.4 is 0 Å². The lowest BCUT2D eigenvalue weighted by molar-refractivity contribution is -0.161. The van der Waals surface area contributed by atoms with Gasteiger partial charge in [0.2, 0.25) is 0 Å². The van der Waals surface area contributed by atoms with E-state index in [1.807, 2.05) is 0 Å². The molecule has 384 valence electrons. The molecule has 0 aliphatic carbocycles. The first-order chi connectivity index (χ1) is 32.2. The van der Waals surface area contributed by atoms with Gasteiger partial charge in [-0.3, -0.25) is 23.4 Å². The molecule has 2 N–H and O–H groups in total. The summed E-state index contributed by atoms with van der Waals surface area (Å²) >= 11 is 0. The first-order valence-corrected chi connectivity index (χ1v) is 28.0. The molecule has 12 heteroatoms. The highest BCUT2D eigenvalue weighted by atomic mass is 31.2. The number of rotatable bonds is 49. The monoisotopic (exact) mass is 953 g/mol. The second-order valence-electron chi connectivity index (χ2n) is 17.7. The number of phosphoric acid groups is 1. The van der Waals surface area contributed by atoms with Crippen molar-refractivity contribution in [2.75, 3.05) is 26.4 Å². The van der Waals surface area contributed by atoms with E-state index >= 15 is 0 Å². The van der Waals surface area contributed by atoms with Crippen LogP contribution >= 0.6 is 7.82 Å². The predicted octanol–water partition coefficient (Wildman–Crippen LogP) is 15.0. The third kappa shape index (κ3) is 46.5. The first kappa shape index (κ1) is 63.4. The summed E-state index contributed by atoms with van der Waals surface area (Å²) in [6.45, 7) is 4.48. The van der Waals surface area contributed by atoms with Crippen LogP contribution in [0.2, 0.25) is 0 Å². The number of unbranched alkanes of at least 4 members (excludes halogenated alkanes) is 24. The van der Waals surface area contributed by atoms with Gasteiger partial charge in [-0.25, -0.2) is 4.57 Å². The number of aliphatic hydroxyl groups excluding tert-OH is 1. The zero-order valence-corrected chi connectivity index (χ0v) is 43.1. The van der Waals surface area contributed by atoms with Gasteiger partial charge in [0.15, 0.2) is 6.10 Å². The van der Waals surface area contributed by atoms with Crippen LogP contribution in [0.1, 0.15) is 239 Å². The molecule has 66 heavy (non-hydrogen) atoms. The summed E-state index contributed by atoms with van der Waals surface area (Å²) < 4.78 is 39.3. The van der Waals surface area contributed by atoms with Crippen LogP contribution in [0, 0.1) is 0 Å². The number of aliphatic hydroxyl groups is 1. The third-order valence-corrected chi connectivity index (χ3v) is 12.2. The summed E-state index contributed by atoms with van der Waals surface area (Å²) in [7, 11) is -4.74. The summed E-state index contributed by atoms with van der Waals surface area (Å²) in [5.41, 5.74) is 0. The van der Waals surface area contributed by atoms with Crippen molar-refractivity contribution in [1.29, 1.82) is 0 Å². The van der Waals surface area contributed by atoms with Gasteiger partial charge in [-0.1, -0.05) is 211 Å². The second-order valence-corrected chi connectivity index (χ2v) is 19.1. The molecule has 0 aliphatic heterocycles. The van der Waals surface area contributed by atoms with Gasteiger partial charge in [-0.15, -0.1) is 0 Å². The Kier molecular flexibility index (Phi) is 47.0. The highest BCUT2D eigenvalue weighted by molar-refractivity contribution is 7.47. The molecule has 0 saturated heterocycles. The van der Waals surface area contributed by atoms with Crippen LogP contribution in [-0.2, 0) is 42.2 Å². The van der Waals surface area contributed by atoms with Gasteiger partial charge in [0, 0.05) is 19.3 Å². The predicted molar refractivity (Wildman–Crippen MR) is 270 cm³/mol. The molecule has 0 rings (SSSR count). The van der Waals surface area contributed by atoms with E-state index < -0.39 is 57.8 Å². The Morgan fingerprint density at radius 2 is 0.788 bits per heavy atom. The fourth-order valence-corrected chi connectivity index (χ4v) is 8.01. The lowest BCUT2D eigenvalue weighted by Gasteiger charge is -2.21. The molecule has 0 aromatic rings. The standard InChI is InChI=1S/C54H97O11P/c1-4-7-10-13-16-19-21-22-23-24-25-26-27-28-30-33-36-39-42-45-54(58)65-51(47-61-52(56)43-40-37-34-32-29-20-17-14-11-8-5-2)49-63-66(59,60)62-48-50(46-55)64-53(57)44-41-38-35-31-18-15-12-9-6-3/h7,10,16,19,22-23,25-26,50-51,55H,4-6,8-9,11-15,17-18,20-21,24,27-49H2,1-3H3,(H,59,60)/b10-7-,19-16-,23-22-,26-25-. The molecule has 3 atom stereocenters. The maximum Gasteiger partial charge on any atom is 0.472 e. The van der Waals surface area contributed by atoms with Gasteiger partial charge in [0.25, 0.3) is 0 Å². The number of ether oxygens (including phenoxy) is 3. The minimum absolute atomic E-state index is 0.154. The van der Waals surface area contributed by atoms with Gasteiger partial charge in [-0.2, -0.15) is 0 Å². The van der Waals surface area contributed by atoms with Crippen molar-refractivity contribution in [2.45, 2.75) is 251 Å². The molecule has 0 aliphatic rings. The maximum atomic E-state index is 12.8. The van der Waals surface area contributed by atoms with Crippen molar-refractivity contribution in [2.24, 2.45) is 0 Å². The minimum atomic E-state index is -4.74. The summed E-state index contributed by atoms with van der Waals surface area (Å²) in [5.74, 6) is -1.47. The van der Waals surface area contributed by atoms with E-state index in [9.17, 15) is 28.9 Å². The molecule has 0 heterocycles. The van der Waals surface area contributed by atoms with E-state index in [1.165, 1.54) is 77.0 Å². The van der Waals surface area contributed by atoms with Crippen LogP contribution in [0.5, 0.6) is 0 Å². The Bertz CT molecular complexity index is 1300. The number of carbonyl (C=O) groups is 3. The maximum absolute atomic E-state index is 12.8. The van der Waals surface area contributed by atoms with Crippen LogP contribution in [0.3, 0.4) is 0 Å². The van der Waals surface area contributed by atoms with Crippen molar-refractivity contribution >= 4 is 25.7 Å². The molecular weight excluding hydrogens is 856 g/mol. The van der Waals surface area contributed by atoms with E-state index in [1.54, 1.807) is 0 Å². The number of hydrogen-bond donors (Lipinski definition) is 2. The van der Waals surface area contributed by atoms with Gasteiger partial charge in [0.1, 0.15) is 12.7 Å². The molecule has 0 aromatic heterocycles. The Hall–Kier alpha value is -2.56. The Labute approximate surface area is 403 Å². The largest absolute Gasteiger partial charge is 0.472 e. The molecule has 0 saturated carbocycles. The molecule has 0 fully saturated rings. The molecule has 0 radical (unpaired) electrons. The van der Waals surface area contributed by atoms with E-state index in [-0.39, 0.29) is 25.9 Å². The highest BCUT2D eigenvalue weighted by Gasteiger charge is 2.28. The van der Waals surface area contributed by atoms with Crippen molar-refractivity contribution in [3.63, 3.8) is 0 Å².